The van der Waals surface area contributed by atoms with Crippen molar-refractivity contribution >= 4 is 17.3 Å². The van der Waals surface area contributed by atoms with Crippen LogP contribution in [-0.2, 0) is 11.3 Å². The molecule has 0 fully saturated rings. The van der Waals surface area contributed by atoms with Crippen LogP contribution < -0.4 is 15.4 Å². The van der Waals surface area contributed by atoms with Crippen LogP contribution in [0, 0.1) is 0 Å². The number of hydrogen-bond acceptors (Lipinski definition) is 3. The number of carbonyl (C=O) groups excluding carboxylic acids is 1. The summed E-state index contributed by atoms with van der Waals surface area (Å²) in [6, 6.07) is 15.7. The highest BCUT2D eigenvalue weighted by molar-refractivity contribution is 5.88. The summed E-state index contributed by atoms with van der Waals surface area (Å²) in [7, 11) is 0. The van der Waals surface area contributed by atoms with Crippen LogP contribution in [0.1, 0.15) is 26.3 Å². The predicted molar refractivity (Wildman–Crippen MR) is 90.3 cm³/mol. The molecule has 0 unspecified atom stereocenters. The lowest BCUT2D eigenvalue weighted by Gasteiger charge is -2.12. The lowest BCUT2D eigenvalue weighted by Crippen LogP contribution is -2.06. The van der Waals surface area contributed by atoms with Crippen LogP contribution in [0.25, 0.3) is 0 Å². The number of hydrogen-bond donors (Lipinski definition) is 2. The van der Waals surface area contributed by atoms with E-state index in [1.165, 1.54) is 6.92 Å². The molecule has 0 saturated carbocycles. The van der Waals surface area contributed by atoms with Crippen LogP contribution in [0.2, 0.25) is 0 Å². The quantitative estimate of drug-likeness (QED) is 0.846. The zero-order valence-corrected chi connectivity index (χ0v) is 13.2. The van der Waals surface area contributed by atoms with E-state index in [9.17, 15) is 4.79 Å². The maximum absolute atomic E-state index is 11.0. The fourth-order valence-electron chi connectivity index (χ4n) is 2.08. The highest BCUT2D eigenvalue weighted by Gasteiger charge is 2.00. The number of anilines is 2. The van der Waals surface area contributed by atoms with Gasteiger partial charge in [-0.05, 0) is 55.8 Å². The molecule has 0 spiro atoms. The van der Waals surface area contributed by atoms with Gasteiger partial charge >= 0.3 is 0 Å². The van der Waals surface area contributed by atoms with Crippen LogP contribution >= 0.6 is 0 Å². The van der Waals surface area contributed by atoms with Gasteiger partial charge in [-0.15, -0.1) is 0 Å². The van der Waals surface area contributed by atoms with Crippen LogP contribution in [0.3, 0.4) is 0 Å². The monoisotopic (exact) mass is 298 g/mol. The van der Waals surface area contributed by atoms with E-state index in [1.807, 2.05) is 56.3 Å². The minimum atomic E-state index is -0.0670. The summed E-state index contributed by atoms with van der Waals surface area (Å²) in [6.07, 6.45) is 0.171. The van der Waals surface area contributed by atoms with Gasteiger partial charge in [-0.1, -0.05) is 12.1 Å². The van der Waals surface area contributed by atoms with Gasteiger partial charge in [0.15, 0.2) is 0 Å². The predicted octanol–water partition coefficient (Wildman–Crippen LogP) is 4.04. The molecule has 0 aliphatic rings. The van der Waals surface area contributed by atoms with Crippen molar-refractivity contribution in [1.29, 1.82) is 0 Å². The second kappa shape index (κ2) is 7.50. The molecule has 0 aliphatic heterocycles. The molecule has 0 aromatic heterocycles. The van der Waals surface area contributed by atoms with E-state index in [4.69, 9.17) is 4.74 Å². The molecule has 0 heterocycles. The first-order valence-electron chi connectivity index (χ1n) is 7.40. The van der Waals surface area contributed by atoms with Gasteiger partial charge in [0.1, 0.15) is 5.75 Å². The molecule has 22 heavy (non-hydrogen) atoms. The van der Waals surface area contributed by atoms with Gasteiger partial charge < -0.3 is 15.4 Å². The molecule has 2 aromatic rings. The Morgan fingerprint density at radius 1 is 1.09 bits per heavy atom. The lowest BCUT2D eigenvalue weighted by molar-refractivity contribution is -0.114. The zero-order valence-electron chi connectivity index (χ0n) is 13.2. The van der Waals surface area contributed by atoms with Crippen molar-refractivity contribution in [3.8, 4) is 5.75 Å². The smallest absolute Gasteiger partial charge is 0.221 e. The molecule has 1 amide bonds. The van der Waals surface area contributed by atoms with Gasteiger partial charge in [0.25, 0.3) is 0 Å². The molecule has 0 atom stereocenters. The topological polar surface area (TPSA) is 50.4 Å². The summed E-state index contributed by atoms with van der Waals surface area (Å²) in [5.41, 5.74) is 2.96. The van der Waals surface area contributed by atoms with Gasteiger partial charge in [-0.25, -0.2) is 0 Å². The van der Waals surface area contributed by atoms with Crippen molar-refractivity contribution in [3.63, 3.8) is 0 Å². The molecule has 4 heteroatoms. The van der Waals surface area contributed by atoms with Crippen molar-refractivity contribution < 1.29 is 9.53 Å². The third kappa shape index (κ3) is 5.13. The fourth-order valence-corrected chi connectivity index (χ4v) is 2.08. The Morgan fingerprint density at radius 2 is 1.77 bits per heavy atom. The standard InChI is InChI=1S/C18H22N2O2/c1-13(2)22-18-6-4-5-15(11-18)12-19-16-7-9-17(10-8-16)20-14(3)21/h4-11,13,19H,12H2,1-3H3,(H,20,21). The Bertz CT molecular complexity index is 621. The highest BCUT2D eigenvalue weighted by atomic mass is 16.5. The van der Waals surface area contributed by atoms with Gasteiger partial charge in [0.05, 0.1) is 6.10 Å². The Kier molecular flexibility index (Phi) is 5.42. The normalized spacial score (nSPS) is 10.4. The summed E-state index contributed by atoms with van der Waals surface area (Å²) in [5.74, 6) is 0.818. The van der Waals surface area contributed by atoms with Gasteiger partial charge in [-0.2, -0.15) is 0 Å². The number of nitrogens with one attached hydrogen (secondary N) is 2. The molecule has 2 aromatic carbocycles. The van der Waals surface area contributed by atoms with E-state index in [-0.39, 0.29) is 12.0 Å². The van der Waals surface area contributed by atoms with Gasteiger partial charge in [0.2, 0.25) is 5.91 Å². The molecule has 0 aliphatic carbocycles. The number of rotatable bonds is 6. The van der Waals surface area contributed by atoms with Crippen LogP contribution in [0.5, 0.6) is 5.75 Å². The van der Waals surface area contributed by atoms with E-state index in [0.29, 0.717) is 0 Å². The molecular weight excluding hydrogens is 276 g/mol. The second-order valence-corrected chi connectivity index (χ2v) is 5.43. The van der Waals surface area contributed by atoms with E-state index in [1.54, 1.807) is 0 Å². The molecule has 0 saturated heterocycles. The zero-order chi connectivity index (χ0) is 15.9. The minimum Gasteiger partial charge on any atom is -0.491 e. The van der Waals surface area contributed by atoms with Crippen molar-refractivity contribution in [3.05, 3.63) is 54.1 Å². The number of amides is 1. The van der Waals surface area contributed by atoms with Crippen LogP contribution in [0.15, 0.2) is 48.5 Å². The Labute approximate surface area is 131 Å². The first kappa shape index (κ1) is 15.9. The summed E-state index contributed by atoms with van der Waals surface area (Å²) >= 11 is 0. The summed E-state index contributed by atoms with van der Waals surface area (Å²) in [5, 5.41) is 6.10. The second-order valence-electron chi connectivity index (χ2n) is 5.43. The molecule has 4 nitrogen and oxygen atoms in total. The third-order valence-electron chi connectivity index (χ3n) is 2.97. The highest BCUT2D eigenvalue weighted by Crippen LogP contribution is 2.18. The van der Waals surface area contributed by atoms with Gasteiger partial charge in [-0.3, -0.25) is 4.79 Å². The van der Waals surface area contributed by atoms with Crippen LogP contribution in [0.4, 0.5) is 11.4 Å². The largest absolute Gasteiger partial charge is 0.491 e. The molecular formula is C18H22N2O2. The van der Waals surface area contributed by atoms with E-state index in [2.05, 4.69) is 16.7 Å². The molecule has 116 valence electrons. The minimum absolute atomic E-state index is 0.0670. The maximum Gasteiger partial charge on any atom is 0.221 e. The summed E-state index contributed by atoms with van der Waals surface area (Å²) < 4.78 is 5.69. The van der Waals surface area contributed by atoms with Crippen molar-refractivity contribution in [2.24, 2.45) is 0 Å². The summed E-state index contributed by atoms with van der Waals surface area (Å²) in [4.78, 5) is 11.0. The molecule has 2 rings (SSSR count). The fraction of sp³-hybridized carbons (Fsp3) is 0.278. The Hall–Kier alpha value is -2.49. The summed E-state index contributed by atoms with van der Waals surface area (Å²) in [6.45, 7) is 6.25. The van der Waals surface area contributed by atoms with E-state index in [0.717, 1.165) is 29.2 Å². The Balaban J connectivity index is 1.93. The van der Waals surface area contributed by atoms with E-state index < -0.39 is 0 Å². The average molecular weight is 298 g/mol. The number of carbonyl (C=O) groups is 1. The molecule has 0 radical (unpaired) electrons. The lowest BCUT2D eigenvalue weighted by atomic mass is 10.2. The SMILES string of the molecule is CC(=O)Nc1ccc(NCc2cccc(OC(C)C)c2)cc1. The maximum atomic E-state index is 11.0. The molecule has 2 N–H and O–H groups in total. The number of benzene rings is 2. The molecule has 0 bridgehead atoms. The first-order chi connectivity index (χ1) is 10.5. The van der Waals surface area contributed by atoms with Crippen molar-refractivity contribution in [2.75, 3.05) is 10.6 Å². The van der Waals surface area contributed by atoms with Gasteiger partial charge in [0, 0.05) is 24.8 Å². The number of ether oxygens (including phenoxy) is 1. The van der Waals surface area contributed by atoms with Crippen molar-refractivity contribution in [2.45, 2.75) is 33.4 Å². The van der Waals surface area contributed by atoms with Crippen molar-refractivity contribution in [1.82, 2.24) is 0 Å². The Morgan fingerprint density at radius 3 is 2.41 bits per heavy atom. The first-order valence-corrected chi connectivity index (χ1v) is 7.40. The average Bonchev–Trinajstić information content (AvgIpc) is 2.46. The van der Waals surface area contributed by atoms with Crippen LogP contribution in [-0.4, -0.2) is 12.0 Å². The van der Waals surface area contributed by atoms with E-state index >= 15 is 0 Å². The third-order valence-corrected chi connectivity index (χ3v) is 2.97.